The van der Waals surface area contributed by atoms with Crippen LogP contribution in [0.25, 0.3) is 0 Å². The van der Waals surface area contributed by atoms with Crippen LogP contribution in [-0.4, -0.2) is 51.2 Å². The Balaban J connectivity index is -0.000000598. The number of hydrogen-bond acceptors (Lipinski definition) is 4. The molecule has 1 amide bonds. The van der Waals surface area contributed by atoms with Crippen molar-refractivity contribution >= 4 is 5.91 Å². The summed E-state index contributed by atoms with van der Waals surface area (Å²) < 4.78 is 11.1. The first-order chi connectivity index (χ1) is 15.7. The van der Waals surface area contributed by atoms with Gasteiger partial charge in [0.2, 0.25) is 5.91 Å². The highest BCUT2D eigenvalue weighted by Crippen LogP contribution is 2.20. The number of nitrogens with zero attached hydrogens (tertiary/aromatic N) is 1. The monoisotopic (exact) mass is 488 g/mol. The third-order valence-electron chi connectivity index (χ3n) is 5.93. The average Bonchev–Trinajstić information content (AvgIpc) is 2.76. The molecule has 0 spiro atoms. The van der Waals surface area contributed by atoms with E-state index in [0.29, 0.717) is 12.4 Å². The van der Waals surface area contributed by atoms with Gasteiger partial charge in [-0.2, -0.15) is 0 Å². The molecule has 0 aromatic heterocycles. The molecular weight excluding hydrogens is 428 g/mol. The van der Waals surface area contributed by atoms with Crippen molar-refractivity contribution in [2.24, 2.45) is 5.73 Å². The molecular formula is C28H60N2O4. The maximum absolute atomic E-state index is 10.6. The van der Waals surface area contributed by atoms with E-state index in [2.05, 4.69) is 35.0 Å². The number of methoxy groups -OCH3 is 2. The highest BCUT2D eigenvalue weighted by atomic mass is 16.7. The number of nitrogens with two attached hydrogens (primary N) is 1. The van der Waals surface area contributed by atoms with Crippen LogP contribution in [0.3, 0.4) is 0 Å². The molecule has 206 valence electrons. The molecule has 0 aliphatic heterocycles. The van der Waals surface area contributed by atoms with Gasteiger partial charge in [0.25, 0.3) is 0 Å². The highest BCUT2D eigenvalue weighted by molar-refractivity contribution is 5.73. The third kappa shape index (κ3) is 25.4. The van der Waals surface area contributed by atoms with Gasteiger partial charge in [-0.05, 0) is 12.8 Å². The lowest BCUT2D eigenvalue weighted by Crippen LogP contribution is -2.35. The molecule has 0 aromatic rings. The maximum Gasteiger partial charge on any atom is 0.338 e. The predicted octanol–water partition coefficient (Wildman–Crippen LogP) is 7.51. The van der Waals surface area contributed by atoms with Crippen molar-refractivity contribution in [3.8, 4) is 0 Å². The number of amides is 1. The number of carbonyl (C=O) groups excluding carboxylic acids is 1. The van der Waals surface area contributed by atoms with Gasteiger partial charge in [0.1, 0.15) is 0 Å². The SMILES string of the molecule is CCCC(=C(OC)OC)[N+](C)(C)C.CCCCCCCCCCCCCCCCCC(N)=O.[OH-]. The zero-order chi connectivity index (χ0) is 25.4. The molecule has 6 heteroatoms. The molecule has 34 heavy (non-hydrogen) atoms. The lowest BCUT2D eigenvalue weighted by atomic mass is 10.0. The van der Waals surface area contributed by atoms with Gasteiger partial charge in [-0.1, -0.05) is 104 Å². The molecule has 0 saturated heterocycles. The van der Waals surface area contributed by atoms with Crippen LogP contribution in [0.15, 0.2) is 11.6 Å². The summed E-state index contributed by atoms with van der Waals surface area (Å²) in [5.41, 5.74) is 6.30. The summed E-state index contributed by atoms with van der Waals surface area (Å²) in [5.74, 6) is 0.494. The van der Waals surface area contributed by atoms with Crippen molar-refractivity contribution in [2.45, 2.75) is 129 Å². The third-order valence-corrected chi connectivity index (χ3v) is 5.93. The lowest BCUT2D eigenvalue weighted by Gasteiger charge is -2.27. The normalized spacial score (nSPS) is 10.6. The van der Waals surface area contributed by atoms with E-state index in [-0.39, 0.29) is 11.4 Å². The number of ether oxygens (including phenoxy) is 2. The Labute approximate surface area is 212 Å². The molecule has 6 nitrogen and oxygen atoms in total. The van der Waals surface area contributed by atoms with E-state index < -0.39 is 0 Å². The molecule has 0 heterocycles. The summed E-state index contributed by atoms with van der Waals surface area (Å²) >= 11 is 0. The van der Waals surface area contributed by atoms with Crippen LogP contribution in [0.2, 0.25) is 0 Å². The van der Waals surface area contributed by atoms with E-state index in [4.69, 9.17) is 15.2 Å². The van der Waals surface area contributed by atoms with Gasteiger partial charge in [-0.15, -0.1) is 0 Å². The maximum atomic E-state index is 10.6. The molecule has 0 bridgehead atoms. The first-order valence-electron chi connectivity index (χ1n) is 13.7. The van der Waals surface area contributed by atoms with Crippen molar-refractivity contribution < 1.29 is 24.2 Å². The zero-order valence-electron chi connectivity index (χ0n) is 23.9. The second-order valence-electron chi connectivity index (χ2n) is 10.1. The van der Waals surface area contributed by atoms with E-state index in [0.717, 1.165) is 23.7 Å². The molecule has 0 aliphatic rings. The molecule has 0 radical (unpaired) electrons. The summed E-state index contributed by atoms with van der Waals surface area (Å²) in [7, 11) is 9.63. The van der Waals surface area contributed by atoms with Crippen LogP contribution in [0.4, 0.5) is 0 Å². The van der Waals surface area contributed by atoms with E-state index in [1.54, 1.807) is 14.2 Å². The number of unbranched alkanes of at least 4 members (excludes halogenated alkanes) is 14. The van der Waals surface area contributed by atoms with Crippen molar-refractivity contribution in [1.82, 2.24) is 0 Å². The van der Waals surface area contributed by atoms with Gasteiger partial charge >= 0.3 is 5.95 Å². The van der Waals surface area contributed by atoms with Crippen LogP contribution >= 0.6 is 0 Å². The fourth-order valence-electron chi connectivity index (χ4n) is 3.94. The second-order valence-corrected chi connectivity index (χ2v) is 10.1. The minimum Gasteiger partial charge on any atom is -0.870 e. The lowest BCUT2D eigenvalue weighted by molar-refractivity contribution is -0.834. The topological polar surface area (TPSA) is 91.6 Å². The number of quaternary nitrogens is 1. The highest BCUT2D eigenvalue weighted by Gasteiger charge is 2.22. The average molecular weight is 489 g/mol. The summed E-state index contributed by atoms with van der Waals surface area (Å²) in [4.78, 5) is 10.6. The van der Waals surface area contributed by atoms with E-state index in [1.807, 2.05) is 0 Å². The van der Waals surface area contributed by atoms with Crippen LogP contribution < -0.4 is 5.73 Å². The quantitative estimate of drug-likeness (QED) is 0.103. The summed E-state index contributed by atoms with van der Waals surface area (Å²) in [6.07, 6.45) is 23.0. The van der Waals surface area contributed by atoms with Gasteiger partial charge in [-0.25, -0.2) is 0 Å². The van der Waals surface area contributed by atoms with Crippen LogP contribution in [0.1, 0.15) is 129 Å². The first kappa shape index (κ1) is 37.3. The first-order valence-corrected chi connectivity index (χ1v) is 13.7. The molecule has 0 fully saturated rings. The molecule has 0 unspecified atom stereocenters. The standard InChI is InChI=1S/C18H37NO.C10H22NO2.H2O/c1-2-3-4-5-6-7-8-9-10-11-12-13-14-15-16-17-18(19)20;1-7-8-9(11(2,3)4)10(12-5)13-6;/h2-17H2,1H3,(H2,19,20);7-8H2,1-6H3;1H2/q;+1;/p-1. The van der Waals surface area contributed by atoms with Crippen molar-refractivity contribution in [2.75, 3.05) is 35.4 Å². The Morgan fingerprint density at radius 2 is 0.971 bits per heavy atom. The van der Waals surface area contributed by atoms with Gasteiger partial charge < -0.3 is 20.7 Å². The van der Waals surface area contributed by atoms with Crippen molar-refractivity contribution in [3.05, 3.63) is 11.6 Å². The Morgan fingerprint density at radius 1 is 0.618 bits per heavy atom. The summed E-state index contributed by atoms with van der Waals surface area (Å²) in [6, 6.07) is 0. The number of allylic oxidation sites excluding steroid dienone is 1. The largest absolute Gasteiger partial charge is 0.870 e. The van der Waals surface area contributed by atoms with Crippen molar-refractivity contribution in [1.29, 1.82) is 0 Å². The summed E-state index contributed by atoms with van der Waals surface area (Å²) in [6.45, 7) is 4.43. The van der Waals surface area contributed by atoms with Crippen LogP contribution in [0, 0.1) is 0 Å². The fourth-order valence-corrected chi connectivity index (χ4v) is 3.94. The summed E-state index contributed by atoms with van der Waals surface area (Å²) in [5, 5.41) is 0. The van der Waals surface area contributed by atoms with Crippen LogP contribution in [-0.2, 0) is 14.3 Å². The Kier molecular flexibility index (Phi) is 28.9. The molecule has 0 saturated carbocycles. The molecule has 0 rings (SSSR count). The molecule has 0 atom stereocenters. The van der Waals surface area contributed by atoms with Gasteiger partial charge in [-0.3, -0.25) is 9.28 Å². The predicted molar refractivity (Wildman–Crippen MR) is 145 cm³/mol. The Bertz CT molecular complexity index is 468. The fraction of sp³-hybridized carbons (Fsp3) is 0.893. The molecule has 3 N–H and O–H groups in total. The number of hydrogen-bond donors (Lipinski definition) is 1. The molecule has 0 aromatic carbocycles. The van der Waals surface area contributed by atoms with Crippen LogP contribution in [0.5, 0.6) is 0 Å². The Morgan fingerprint density at radius 3 is 1.24 bits per heavy atom. The van der Waals surface area contributed by atoms with E-state index in [1.165, 1.54) is 95.6 Å². The van der Waals surface area contributed by atoms with Gasteiger partial charge in [0, 0.05) is 12.8 Å². The second kappa shape index (κ2) is 26.3. The van der Waals surface area contributed by atoms with E-state index in [9.17, 15) is 4.79 Å². The minimum absolute atomic E-state index is 0. The number of carbonyl (C=O) groups is 1. The number of primary amides is 1. The van der Waals surface area contributed by atoms with Gasteiger partial charge in [0.15, 0.2) is 5.70 Å². The Hall–Kier alpha value is -1.27. The van der Waals surface area contributed by atoms with Gasteiger partial charge in [0.05, 0.1) is 35.4 Å². The number of rotatable bonds is 21. The van der Waals surface area contributed by atoms with Crippen molar-refractivity contribution in [3.63, 3.8) is 0 Å². The minimum atomic E-state index is -0.153. The smallest absolute Gasteiger partial charge is 0.338 e. The molecule has 0 aliphatic carbocycles. The van der Waals surface area contributed by atoms with E-state index >= 15 is 0 Å². The zero-order valence-corrected chi connectivity index (χ0v) is 23.9.